The average molecular weight is 255 g/mol. The van der Waals surface area contributed by atoms with Gasteiger partial charge in [0, 0.05) is 6.54 Å². The van der Waals surface area contributed by atoms with Gasteiger partial charge in [-0.05, 0) is 33.1 Å². The van der Waals surface area contributed by atoms with Crippen molar-refractivity contribution in [3.63, 3.8) is 0 Å². The minimum absolute atomic E-state index is 0.200. The lowest BCUT2D eigenvalue weighted by atomic mass is 10.1. The van der Waals surface area contributed by atoms with Crippen LogP contribution in [-0.4, -0.2) is 28.8 Å². The van der Waals surface area contributed by atoms with Crippen LogP contribution in [0.2, 0.25) is 0 Å². The van der Waals surface area contributed by atoms with Gasteiger partial charge in [0.2, 0.25) is 0 Å². The Hall–Kier alpha value is -1.56. The number of carbonyl (C=O) groups is 1. The number of aliphatic hydroxyl groups is 1. The fourth-order valence-corrected chi connectivity index (χ4v) is 1.60. The van der Waals surface area contributed by atoms with Gasteiger partial charge in [-0.15, -0.1) is 0 Å². The molecule has 0 aliphatic rings. The van der Waals surface area contributed by atoms with Crippen molar-refractivity contribution in [3.05, 3.63) is 11.5 Å². The molecule has 0 aliphatic carbocycles. The minimum Gasteiger partial charge on any atom is -0.428 e. The van der Waals surface area contributed by atoms with Gasteiger partial charge in [0.15, 0.2) is 0 Å². The Labute approximate surface area is 107 Å². The zero-order valence-corrected chi connectivity index (χ0v) is 11.3. The number of amides is 2. The molecular weight excluding hydrogens is 234 g/mol. The molecule has 0 radical (unpaired) electrons. The van der Waals surface area contributed by atoms with Crippen molar-refractivity contribution in [2.45, 2.75) is 40.2 Å². The second-order valence-electron chi connectivity index (χ2n) is 4.69. The summed E-state index contributed by atoms with van der Waals surface area (Å²) in [5, 5.41) is 14.4. The van der Waals surface area contributed by atoms with E-state index < -0.39 is 0 Å². The summed E-state index contributed by atoms with van der Waals surface area (Å²) in [4.78, 5) is 15.6. The van der Waals surface area contributed by atoms with E-state index in [0.29, 0.717) is 18.7 Å². The number of nitrogens with one attached hydrogen (secondary N) is 2. The van der Waals surface area contributed by atoms with E-state index in [0.717, 1.165) is 5.69 Å². The molecule has 2 atom stereocenters. The number of aryl methyl sites for hydroxylation is 2. The zero-order chi connectivity index (χ0) is 13.7. The largest absolute Gasteiger partial charge is 0.428 e. The van der Waals surface area contributed by atoms with Crippen LogP contribution in [0.15, 0.2) is 4.42 Å². The number of carbonyl (C=O) groups excluding carboxylic acids is 1. The molecule has 6 nitrogen and oxygen atoms in total. The van der Waals surface area contributed by atoms with Crippen molar-refractivity contribution in [1.82, 2.24) is 10.3 Å². The van der Waals surface area contributed by atoms with Crippen LogP contribution in [0.1, 0.15) is 31.7 Å². The van der Waals surface area contributed by atoms with Crippen LogP contribution in [-0.2, 0) is 0 Å². The Morgan fingerprint density at radius 3 is 2.61 bits per heavy atom. The molecule has 1 aromatic rings. The molecule has 0 bridgehead atoms. The Morgan fingerprint density at radius 1 is 1.44 bits per heavy atom. The van der Waals surface area contributed by atoms with Crippen molar-refractivity contribution in [3.8, 4) is 0 Å². The van der Waals surface area contributed by atoms with Gasteiger partial charge in [-0.25, -0.2) is 4.79 Å². The molecule has 1 aromatic heterocycles. The summed E-state index contributed by atoms with van der Waals surface area (Å²) >= 11 is 0. The van der Waals surface area contributed by atoms with Crippen LogP contribution in [0.25, 0.3) is 0 Å². The van der Waals surface area contributed by atoms with Gasteiger partial charge >= 0.3 is 12.0 Å². The van der Waals surface area contributed by atoms with Crippen LogP contribution < -0.4 is 10.6 Å². The maximum Gasteiger partial charge on any atom is 0.322 e. The van der Waals surface area contributed by atoms with Gasteiger partial charge in [-0.1, -0.05) is 6.92 Å². The topological polar surface area (TPSA) is 87.4 Å². The molecule has 0 aromatic carbocycles. The number of oxazole rings is 1. The fourth-order valence-electron chi connectivity index (χ4n) is 1.60. The first-order valence-corrected chi connectivity index (χ1v) is 6.05. The van der Waals surface area contributed by atoms with Crippen LogP contribution in [0, 0.1) is 19.8 Å². The van der Waals surface area contributed by atoms with Crippen molar-refractivity contribution in [2.75, 3.05) is 11.9 Å². The minimum atomic E-state index is -0.359. The van der Waals surface area contributed by atoms with Crippen LogP contribution in [0.5, 0.6) is 0 Å². The third-order valence-electron chi connectivity index (χ3n) is 2.60. The van der Waals surface area contributed by atoms with Gasteiger partial charge < -0.3 is 14.8 Å². The molecule has 0 spiro atoms. The lowest BCUT2D eigenvalue weighted by Gasteiger charge is -2.13. The predicted octanol–water partition coefficient (Wildman–Crippen LogP) is 1.82. The average Bonchev–Trinajstić information content (AvgIpc) is 2.54. The third-order valence-corrected chi connectivity index (χ3v) is 2.60. The Bertz CT molecular complexity index is 382. The van der Waals surface area contributed by atoms with Crippen molar-refractivity contribution >= 4 is 12.0 Å². The van der Waals surface area contributed by atoms with Crippen molar-refractivity contribution in [2.24, 2.45) is 5.92 Å². The van der Waals surface area contributed by atoms with Gasteiger partial charge in [0.05, 0.1) is 11.8 Å². The highest BCUT2D eigenvalue weighted by Gasteiger charge is 2.11. The van der Waals surface area contributed by atoms with Crippen LogP contribution in [0.4, 0.5) is 10.8 Å². The molecule has 102 valence electrons. The molecule has 2 amide bonds. The standard InChI is InChI=1S/C12H21N3O3/c1-7(5-8(2)16)6-13-11(17)15-12-14-9(3)10(4)18-12/h7-8,16H,5-6H2,1-4H3,(H2,13,14,15,17). The van der Waals surface area contributed by atoms with Gasteiger partial charge in [0.25, 0.3) is 0 Å². The molecule has 0 saturated carbocycles. The van der Waals surface area contributed by atoms with E-state index in [1.165, 1.54) is 0 Å². The summed E-state index contributed by atoms with van der Waals surface area (Å²) < 4.78 is 5.23. The second-order valence-corrected chi connectivity index (χ2v) is 4.69. The summed E-state index contributed by atoms with van der Waals surface area (Å²) in [6.45, 7) is 7.79. The highest BCUT2D eigenvalue weighted by atomic mass is 16.4. The highest BCUT2D eigenvalue weighted by Crippen LogP contribution is 2.12. The van der Waals surface area contributed by atoms with Crippen LogP contribution in [0.3, 0.4) is 0 Å². The first-order valence-electron chi connectivity index (χ1n) is 6.05. The number of hydrogen-bond donors (Lipinski definition) is 3. The predicted molar refractivity (Wildman–Crippen MR) is 68.5 cm³/mol. The van der Waals surface area contributed by atoms with E-state index in [-0.39, 0.29) is 24.1 Å². The molecule has 2 unspecified atom stereocenters. The number of nitrogens with zero attached hydrogens (tertiary/aromatic N) is 1. The summed E-state index contributed by atoms with van der Waals surface area (Å²) in [5.41, 5.74) is 0.757. The first kappa shape index (κ1) is 14.5. The van der Waals surface area contributed by atoms with E-state index >= 15 is 0 Å². The molecule has 6 heteroatoms. The first-order chi connectivity index (χ1) is 8.38. The van der Waals surface area contributed by atoms with Gasteiger partial charge in [-0.3, -0.25) is 5.32 Å². The molecule has 1 rings (SSSR count). The quantitative estimate of drug-likeness (QED) is 0.749. The SMILES string of the molecule is Cc1nc(NC(=O)NCC(C)CC(C)O)oc1C. The monoisotopic (exact) mass is 255 g/mol. The van der Waals surface area contributed by atoms with E-state index in [4.69, 9.17) is 4.42 Å². The molecule has 0 aliphatic heterocycles. The van der Waals surface area contributed by atoms with Crippen molar-refractivity contribution < 1.29 is 14.3 Å². The fraction of sp³-hybridized carbons (Fsp3) is 0.667. The molecule has 3 N–H and O–H groups in total. The van der Waals surface area contributed by atoms with Crippen molar-refractivity contribution in [1.29, 1.82) is 0 Å². The second kappa shape index (κ2) is 6.39. The number of hydrogen-bond acceptors (Lipinski definition) is 4. The Kier molecular flexibility index (Phi) is 5.15. The maximum atomic E-state index is 11.5. The van der Waals surface area contributed by atoms with E-state index in [2.05, 4.69) is 15.6 Å². The number of aromatic nitrogens is 1. The Balaban J connectivity index is 2.33. The number of anilines is 1. The zero-order valence-electron chi connectivity index (χ0n) is 11.3. The molecule has 0 saturated heterocycles. The van der Waals surface area contributed by atoms with E-state index in [9.17, 15) is 9.90 Å². The smallest absolute Gasteiger partial charge is 0.322 e. The lowest BCUT2D eigenvalue weighted by molar-refractivity contribution is 0.163. The molecule has 1 heterocycles. The number of rotatable bonds is 5. The van der Waals surface area contributed by atoms with Gasteiger partial charge in [-0.2, -0.15) is 4.98 Å². The normalized spacial score (nSPS) is 14.1. The summed E-state index contributed by atoms with van der Waals surface area (Å²) in [7, 11) is 0. The van der Waals surface area contributed by atoms with E-state index in [1.807, 2.05) is 13.8 Å². The van der Waals surface area contributed by atoms with Gasteiger partial charge in [0.1, 0.15) is 5.76 Å². The maximum absolute atomic E-state index is 11.5. The summed E-state index contributed by atoms with van der Waals surface area (Å²) in [6, 6.07) is -0.153. The summed E-state index contributed by atoms with van der Waals surface area (Å²) in [5.74, 6) is 0.900. The summed E-state index contributed by atoms with van der Waals surface area (Å²) in [6.07, 6.45) is 0.291. The number of aliphatic hydroxyl groups excluding tert-OH is 1. The molecule has 18 heavy (non-hydrogen) atoms. The Morgan fingerprint density at radius 2 is 2.11 bits per heavy atom. The van der Waals surface area contributed by atoms with Crippen LogP contribution >= 0.6 is 0 Å². The molecule has 0 fully saturated rings. The molecular formula is C12H21N3O3. The van der Waals surface area contributed by atoms with E-state index in [1.54, 1.807) is 13.8 Å². The lowest BCUT2D eigenvalue weighted by Crippen LogP contribution is -2.33. The third kappa shape index (κ3) is 4.75. The number of urea groups is 1. The highest BCUT2D eigenvalue weighted by molar-refractivity contribution is 5.86.